The van der Waals surface area contributed by atoms with Crippen molar-refractivity contribution in [3.8, 4) is 0 Å². The zero-order valence-electron chi connectivity index (χ0n) is 13.3. The Morgan fingerprint density at radius 3 is 2.46 bits per heavy atom. The fourth-order valence-corrected chi connectivity index (χ4v) is 4.53. The number of anilines is 1. The Morgan fingerprint density at radius 1 is 1.29 bits per heavy atom. The molecule has 0 spiro atoms. The fourth-order valence-electron chi connectivity index (χ4n) is 4.53. The third kappa shape index (κ3) is 2.31. The summed E-state index contributed by atoms with van der Waals surface area (Å²) in [6.07, 6.45) is 2.12. The summed E-state index contributed by atoms with van der Waals surface area (Å²) in [5.41, 5.74) is -1.17. The standard InChI is InChI=1S/C16H19F3N4O/c1-2-23-14(16(17,18)19)13(6-20-23)21-15(24)22-7-11-9-3-4-10(5-9)12(11)8-22/h3-4,6,9-12H,2,5,7-8H2,1H3,(H,21,24)/t9?,10?,11-,12+. The van der Waals surface area contributed by atoms with E-state index in [0.29, 0.717) is 36.8 Å². The number of urea groups is 1. The number of carbonyl (C=O) groups is 1. The maximum Gasteiger partial charge on any atom is 0.435 e. The zero-order valence-corrected chi connectivity index (χ0v) is 13.3. The second-order valence-corrected chi connectivity index (χ2v) is 6.83. The molecule has 1 aliphatic heterocycles. The van der Waals surface area contributed by atoms with Crippen LogP contribution in [0, 0.1) is 23.7 Å². The van der Waals surface area contributed by atoms with Gasteiger partial charge in [0, 0.05) is 19.6 Å². The van der Waals surface area contributed by atoms with Gasteiger partial charge in [0.1, 0.15) is 0 Å². The van der Waals surface area contributed by atoms with Gasteiger partial charge < -0.3 is 10.2 Å². The highest BCUT2D eigenvalue weighted by atomic mass is 19.4. The molecule has 2 fully saturated rings. The van der Waals surface area contributed by atoms with Gasteiger partial charge in [0.25, 0.3) is 0 Å². The van der Waals surface area contributed by atoms with Crippen molar-refractivity contribution >= 4 is 11.7 Å². The molecular formula is C16H19F3N4O. The minimum Gasteiger partial charge on any atom is -0.324 e. The third-order valence-corrected chi connectivity index (χ3v) is 5.60. The molecule has 0 radical (unpaired) electrons. The average molecular weight is 340 g/mol. The molecule has 1 saturated carbocycles. The first-order valence-electron chi connectivity index (χ1n) is 8.25. The second kappa shape index (κ2) is 5.26. The topological polar surface area (TPSA) is 50.2 Å². The molecule has 0 aromatic carbocycles. The van der Waals surface area contributed by atoms with Crippen molar-refractivity contribution in [3.05, 3.63) is 24.0 Å². The predicted octanol–water partition coefficient (Wildman–Crippen LogP) is 3.21. The molecule has 24 heavy (non-hydrogen) atoms. The summed E-state index contributed by atoms with van der Waals surface area (Å²) >= 11 is 0. The highest BCUT2D eigenvalue weighted by molar-refractivity contribution is 5.90. The van der Waals surface area contributed by atoms with Crippen LogP contribution in [0.3, 0.4) is 0 Å². The number of fused-ring (bicyclic) bond motifs is 5. The number of nitrogens with zero attached hydrogens (tertiary/aromatic N) is 3. The van der Waals surface area contributed by atoms with Crippen molar-refractivity contribution in [2.24, 2.45) is 23.7 Å². The molecular weight excluding hydrogens is 321 g/mol. The van der Waals surface area contributed by atoms with Crippen LogP contribution in [0.2, 0.25) is 0 Å². The van der Waals surface area contributed by atoms with Crippen molar-refractivity contribution < 1.29 is 18.0 Å². The van der Waals surface area contributed by atoms with E-state index in [1.807, 2.05) is 0 Å². The van der Waals surface area contributed by atoms with E-state index in [4.69, 9.17) is 0 Å². The van der Waals surface area contributed by atoms with Gasteiger partial charge in [0.05, 0.1) is 11.9 Å². The van der Waals surface area contributed by atoms with Crippen LogP contribution in [0.1, 0.15) is 19.0 Å². The van der Waals surface area contributed by atoms with Crippen LogP contribution in [0.15, 0.2) is 18.3 Å². The maximum absolute atomic E-state index is 13.2. The molecule has 3 aliphatic rings. The lowest BCUT2D eigenvalue weighted by molar-refractivity contribution is -0.143. The van der Waals surface area contributed by atoms with E-state index in [0.717, 1.165) is 17.3 Å². The lowest BCUT2D eigenvalue weighted by atomic mass is 9.86. The van der Waals surface area contributed by atoms with Gasteiger partial charge in [-0.1, -0.05) is 12.2 Å². The summed E-state index contributed by atoms with van der Waals surface area (Å²) in [4.78, 5) is 14.1. The molecule has 2 amide bonds. The lowest BCUT2D eigenvalue weighted by Gasteiger charge is -2.20. The summed E-state index contributed by atoms with van der Waals surface area (Å²) < 4.78 is 40.5. The molecule has 1 aromatic heterocycles. The first-order valence-corrected chi connectivity index (χ1v) is 8.25. The number of likely N-dealkylation sites (tertiary alicyclic amines) is 1. The van der Waals surface area contributed by atoms with Gasteiger partial charge in [-0.25, -0.2) is 4.79 Å². The third-order valence-electron chi connectivity index (χ3n) is 5.60. The summed E-state index contributed by atoms with van der Waals surface area (Å²) in [6, 6.07) is -0.468. The Balaban J connectivity index is 1.49. The first kappa shape index (κ1) is 15.5. The van der Waals surface area contributed by atoms with Crippen molar-refractivity contribution in [1.82, 2.24) is 14.7 Å². The lowest BCUT2D eigenvalue weighted by Crippen LogP contribution is -2.34. The van der Waals surface area contributed by atoms with Crippen molar-refractivity contribution in [3.63, 3.8) is 0 Å². The van der Waals surface area contributed by atoms with E-state index in [1.54, 1.807) is 11.8 Å². The quantitative estimate of drug-likeness (QED) is 0.841. The highest BCUT2D eigenvalue weighted by Crippen LogP contribution is 2.51. The van der Waals surface area contributed by atoms with Crippen LogP contribution >= 0.6 is 0 Å². The summed E-state index contributed by atoms with van der Waals surface area (Å²) in [7, 11) is 0. The Hall–Kier alpha value is -1.99. The van der Waals surface area contributed by atoms with Crippen LogP contribution in [0.4, 0.5) is 23.7 Å². The van der Waals surface area contributed by atoms with Crippen LogP contribution in [-0.2, 0) is 12.7 Å². The average Bonchev–Trinajstić information content (AvgIpc) is 3.26. The SMILES string of the molecule is CCn1ncc(NC(=O)N2C[C@@H]3C4C=CC(C4)[C@@H]3C2)c1C(F)(F)F. The fraction of sp³-hybridized carbons (Fsp3) is 0.625. The smallest absolute Gasteiger partial charge is 0.324 e. The number of aromatic nitrogens is 2. The Labute approximate surface area is 137 Å². The van der Waals surface area contributed by atoms with Gasteiger partial charge >= 0.3 is 12.2 Å². The number of aryl methyl sites for hydroxylation is 1. The molecule has 2 heterocycles. The number of amides is 2. The minimum atomic E-state index is -4.56. The Bertz CT molecular complexity index is 676. The predicted molar refractivity (Wildman–Crippen MR) is 81.2 cm³/mol. The number of allylic oxidation sites excluding steroid dienone is 2. The number of nitrogens with one attached hydrogen (secondary N) is 1. The highest BCUT2D eigenvalue weighted by Gasteiger charge is 2.50. The number of rotatable bonds is 2. The van der Waals surface area contributed by atoms with Gasteiger partial charge in [0.2, 0.25) is 0 Å². The molecule has 2 aliphatic carbocycles. The van der Waals surface area contributed by atoms with Crippen LogP contribution in [0.5, 0.6) is 0 Å². The normalized spacial score (nSPS) is 30.9. The van der Waals surface area contributed by atoms with E-state index in [2.05, 4.69) is 22.6 Å². The van der Waals surface area contributed by atoms with E-state index in [-0.39, 0.29) is 12.2 Å². The van der Waals surface area contributed by atoms with Crippen LogP contribution in [-0.4, -0.2) is 33.8 Å². The molecule has 130 valence electrons. The molecule has 4 rings (SSSR count). The number of halogens is 3. The van der Waals surface area contributed by atoms with Crippen LogP contribution < -0.4 is 5.32 Å². The van der Waals surface area contributed by atoms with E-state index in [1.165, 1.54) is 0 Å². The van der Waals surface area contributed by atoms with Gasteiger partial charge in [0.15, 0.2) is 5.69 Å². The number of hydrogen-bond donors (Lipinski definition) is 1. The Morgan fingerprint density at radius 2 is 1.92 bits per heavy atom. The monoisotopic (exact) mass is 340 g/mol. The number of carbonyl (C=O) groups excluding carboxylic acids is 1. The second-order valence-electron chi connectivity index (χ2n) is 6.83. The molecule has 5 nitrogen and oxygen atoms in total. The van der Waals surface area contributed by atoms with Crippen molar-refractivity contribution in [1.29, 1.82) is 0 Å². The molecule has 2 bridgehead atoms. The molecule has 8 heteroatoms. The summed E-state index contributed by atoms with van der Waals surface area (Å²) in [5.74, 6) is 1.94. The van der Waals surface area contributed by atoms with Crippen molar-refractivity contribution in [2.75, 3.05) is 18.4 Å². The van der Waals surface area contributed by atoms with Crippen molar-refractivity contribution in [2.45, 2.75) is 26.1 Å². The number of alkyl halides is 3. The largest absolute Gasteiger partial charge is 0.435 e. The van der Waals surface area contributed by atoms with E-state index in [9.17, 15) is 18.0 Å². The summed E-state index contributed by atoms with van der Waals surface area (Å²) in [5, 5.41) is 6.14. The molecule has 1 N–H and O–H groups in total. The van der Waals surface area contributed by atoms with Gasteiger partial charge in [-0.2, -0.15) is 18.3 Å². The first-order chi connectivity index (χ1) is 11.4. The maximum atomic E-state index is 13.2. The van der Waals surface area contributed by atoms with E-state index >= 15 is 0 Å². The molecule has 1 aromatic rings. The zero-order chi connectivity index (χ0) is 17.1. The minimum absolute atomic E-state index is 0.0909. The van der Waals surface area contributed by atoms with Gasteiger partial charge in [-0.05, 0) is 37.0 Å². The summed E-state index contributed by atoms with van der Waals surface area (Å²) in [6.45, 7) is 2.91. The van der Waals surface area contributed by atoms with E-state index < -0.39 is 17.9 Å². The van der Waals surface area contributed by atoms with Crippen LogP contribution in [0.25, 0.3) is 0 Å². The number of hydrogen-bond acceptors (Lipinski definition) is 2. The molecule has 4 atom stereocenters. The van der Waals surface area contributed by atoms with Gasteiger partial charge in [-0.15, -0.1) is 0 Å². The molecule has 1 saturated heterocycles. The Kier molecular flexibility index (Phi) is 3.40. The van der Waals surface area contributed by atoms with Gasteiger partial charge in [-0.3, -0.25) is 4.68 Å². The molecule has 2 unspecified atom stereocenters.